The second-order valence-electron chi connectivity index (χ2n) is 0.196. The van der Waals surface area contributed by atoms with E-state index in [1.807, 2.05) is 0 Å². The van der Waals surface area contributed by atoms with Crippen molar-refractivity contribution < 1.29 is 19.9 Å². The van der Waals surface area contributed by atoms with Gasteiger partial charge in [0.1, 0.15) is 0 Å². The molecule has 6 heavy (non-hydrogen) atoms. The van der Waals surface area contributed by atoms with Crippen molar-refractivity contribution in [2.75, 3.05) is 7.05 Å². The molecule has 40 valence electrons. The summed E-state index contributed by atoms with van der Waals surface area (Å²) in [5.74, 6) is 0. The van der Waals surface area contributed by atoms with Crippen LogP contribution >= 0.6 is 0 Å². The molecular weight excluding hydrogens is 131 g/mol. The Morgan fingerprint density at radius 2 is 1.83 bits per heavy atom. The molecular formula is CH5CoN2O2. The first-order valence-electron chi connectivity index (χ1n) is 1.09. The Hall–Kier alpha value is -0.134. The number of nitro groups is 1. The molecule has 5 heteroatoms. The van der Waals surface area contributed by atoms with Crippen LogP contribution in [0.1, 0.15) is 0 Å². The van der Waals surface area contributed by atoms with Crippen LogP contribution in [0.2, 0.25) is 0 Å². The zero-order valence-electron chi connectivity index (χ0n) is 3.17. The molecule has 0 bridgehead atoms. The van der Waals surface area contributed by atoms with E-state index in [1.165, 1.54) is 7.05 Å². The van der Waals surface area contributed by atoms with Crippen LogP contribution in [0.3, 0.4) is 0 Å². The molecule has 0 rings (SSSR count). The first kappa shape index (κ1) is 9.29. The van der Waals surface area contributed by atoms with E-state index >= 15 is 0 Å². The van der Waals surface area contributed by atoms with Gasteiger partial charge in [0.25, 0.3) is 0 Å². The van der Waals surface area contributed by atoms with Crippen LogP contribution in [0.25, 0.3) is 0 Å². The van der Waals surface area contributed by atoms with E-state index in [2.05, 4.69) is 21.7 Å². The average molecular weight is 136 g/mol. The Bertz CT molecular complexity index is 34.5. The van der Waals surface area contributed by atoms with Crippen molar-refractivity contribution in [3.8, 4) is 0 Å². The molecule has 0 aromatic heterocycles. The van der Waals surface area contributed by atoms with Gasteiger partial charge in [-0.2, -0.15) is 0 Å². The van der Waals surface area contributed by atoms with Crippen LogP contribution in [0.4, 0.5) is 0 Å². The SMILES string of the molecule is CN.O=[N+]([O-])[Co]. The fourth-order valence-electron chi connectivity index (χ4n) is 0. The molecule has 0 saturated heterocycles. The molecule has 0 radical (unpaired) electrons. The minimum absolute atomic E-state index is 0.812. The van der Waals surface area contributed by atoms with Crippen LogP contribution in [0, 0.1) is 10.1 Å². The van der Waals surface area contributed by atoms with Gasteiger partial charge < -0.3 is 5.73 Å². The summed E-state index contributed by atoms with van der Waals surface area (Å²) >= 11 is 2.73. The van der Waals surface area contributed by atoms with Crippen LogP contribution in [-0.4, -0.2) is 11.0 Å². The van der Waals surface area contributed by atoms with Crippen molar-refractivity contribution in [1.29, 1.82) is 0 Å². The molecule has 0 aliphatic heterocycles. The monoisotopic (exact) mass is 136 g/mol. The van der Waals surface area contributed by atoms with E-state index in [4.69, 9.17) is 10.1 Å². The minimum atomic E-state index is -0.812. The van der Waals surface area contributed by atoms with E-state index in [9.17, 15) is 0 Å². The molecule has 0 saturated carbocycles. The third kappa shape index (κ3) is 1780. The van der Waals surface area contributed by atoms with Gasteiger partial charge in [0, 0.05) is 0 Å². The summed E-state index contributed by atoms with van der Waals surface area (Å²) in [7, 11) is 1.50. The van der Waals surface area contributed by atoms with Crippen molar-refractivity contribution >= 4 is 0 Å². The maximum absolute atomic E-state index is 8.67. The van der Waals surface area contributed by atoms with Crippen molar-refractivity contribution in [2.45, 2.75) is 0 Å². The van der Waals surface area contributed by atoms with Crippen LogP contribution < -0.4 is 5.73 Å². The third-order valence-electron chi connectivity index (χ3n) is 0. The second kappa shape index (κ2) is 8.85. The molecule has 0 aromatic rings. The van der Waals surface area contributed by atoms with E-state index in [1.54, 1.807) is 0 Å². The van der Waals surface area contributed by atoms with Crippen molar-refractivity contribution in [2.24, 2.45) is 5.73 Å². The van der Waals surface area contributed by atoms with Crippen molar-refractivity contribution in [3.05, 3.63) is 10.1 Å². The van der Waals surface area contributed by atoms with Gasteiger partial charge in [0.15, 0.2) is 0 Å². The first-order valence-corrected chi connectivity index (χ1v) is 1.56. The first-order chi connectivity index (χ1) is 2.73. The molecule has 0 fully saturated rings. The van der Waals surface area contributed by atoms with E-state index in [0.29, 0.717) is 0 Å². The van der Waals surface area contributed by atoms with Gasteiger partial charge in [0.2, 0.25) is 0 Å². The summed E-state index contributed by atoms with van der Waals surface area (Å²) < 4.78 is -0.812. The standard InChI is InChI=1S/CH5N.Co.NO2/c1-2;;2-1-3/h2H2,1H3;;. The Balaban J connectivity index is 0. The fourth-order valence-corrected chi connectivity index (χ4v) is 0. The zero-order chi connectivity index (χ0) is 5.58. The van der Waals surface area contributed by atoms with Gasteiger partial charge in [-0.3, -0.25) is 0 Å². The van der Waals surface area contributed by atoms with Gasteiger partial charge in [-0.05, 0) is 7.05 Å². The van der Waals surface area contributed by atoms with Crippen LogP contribution in [-0.2, 0) is 16.0 Å². The van der Waals surface area contributed by atoms with Crippen molar-refractivity contribution in [1.82, 2.24) is 0 Å². The molecule has 0 unspecified atom stereocenters. The van der Waals surface area contributed by atoms with Gasteiger partial charge in [-0.15, -0.1) is 0 Å². The van der Waals surface area contributed by atoms with E-state index < -0.39 is 3.97 Å². The number of hydrogen-bond donors (Lipinski definition) is 1. The maximum atomic E-state index is 8.67. The quantitative estimate of drug-likeness (QED) is 0.353. The summed E-state index contributed by atoms with van der Waals surface area (Å²) in [5.41, 5.74) is 4.50. The van der Waals surface area contributed by atoms with Gasteiger partial charge in [-0.25, -0.2) is 0 Å². The average Bonchev–Trinajstić information content (AvgIpc) is 1.41. The Kier molecular flexibility index (Phi) is 13.7. The predicted molar refractivity (Wildman–Crippen MR) is 17.1 cm³/mol. The molecule has 0 aliphatic rings. The zero-order valence-corrected chi connectivity index (χ0v) is 4.22. The molecule has 0 spiro atoms. The predicted octanol–water partition coefficient (Wildman–Crippen LogP) is -0.700. The number of rotatable bonds is 0. The molecule has 0 atom stereocenters. The number of nitrogens with two attached hydrogens (primary N) is 1. The fraction of sp³-hybridized carbons (Fsp3) is 1.00. The molecule has 0 heterocycles. The topological polar surface area (TPSA) is 69.2 Å². The Labute approximate surface area is 43.7 Å². The van der Waals surface area contributed by atoms with Crippen LogP contribution in [0.15, 0.2) is 0 Å². The summed E-state index contributed by atoms with van der Waals surface area (Å²) in [6, 6.07) is 0. The Morgan fingerprint density at radius 3 is 1.83 bits per heavy atom. The molecule has 4 nitrogen and oxygen atoms in total. The summed E-state index contributed by atoms with van der Waals surface area (Å²) in [6.07, 6.45) is 0. The molecule has 0 aliphatic carbocycles. The number of nitrogens with zero attached hydrogens (tertiary/aromatic N) is 1. The molecule has 0 aromatic carbocycles. The Morgan fingerprint density at radius 1 is 1.83 bits per heavy atom. The van der Waals surface area contributed by atoms with Gasteiger partial charge in [0.05, 0.1) is 0 Å². The van der Waals surface area contributed by atoms with Crippen LogP contribution in [0.5, 0.6) is 0 Å². The summed E-state index contributed by atoms with van der Waals surface area (Å²) in [5, 5.41) is 8.67. The summed E-state index contributed by atoms with van der Waals surface area (Å²) in [6.45, 7) is 0. The molecule has 2 N–H and O–H groups in total. The molecule has 0 amide bonds. The van der Waals surface area contributed by atoms with Crippen molar-refractivity contribution in [3.63, 3.8) is 0 Å². The van der Waals surface area contributed by atoms with Gasteiger partial charge in [-0.1, -0.05) is 0 Å². The second-order valence-corrected chi connectivity index (χ2v) is 0.576. The van der Waals surface area contributed by atoms with E-state index in [-0.39, 0.29) is 0 Å². The normalized spacial score (nSPS) is 5.33. The third-order valence-corrected chi connectivity index (χ3v) is 0. The van der Waals surface area contributed by atoms with Gasteiger partial charge >= 0.3 is 30.0 Å². The number of hydrogen-bond acceptors (Lipinski definition) is 3. The summed E-state index contributed by atoms with van der Waals surface area (Å²) in [4.78, 5) is 8.67. The van der Waals surface area contributed by atoms with E-state index in [0.717, 1.165) is 0 Å².